The molecule has 12 heteroatoms. The number of carbonyl (C=O) groups is 2. The summed E-state index contributed by atoms with van der Waals surface area (Å²) in [6.45, 7) is 5.91. The standard InChI is InChI=1S/C30H29Cl2N5O5/c1-30(2,3)36(4)29(39)26-21-14-42-24-13-23(40-5)19(22-7-15(28(33)38)8-25(34-22)41-6)12-20(24)27(21)37(35-26)18-10-16(31)9-17(32)11-18/h7-13H,14H2,1-6H3,(H2,33,38). The number of benzene rings is 2. The second-order valence-corrected chi connectivity index (χ2v) is 11.6. The molecule has 2 N–H and O–H groups in total. The maximum atomic E-state index is 13.8. The van der Waals surface area contributed by atoms with Gasteiger partial charge in [0.25, 0.3) is 5.91 Å². The zero-order valence-electron chi connectivity index (χ0n) is 23.9. The van der Waals surface area contributed by atoms with Crippen molar-refractivity contribution in [3.8, 4) is 45.6 Å². The highest BCUT2D eigenvalue weighted by Crippen LogP contribution is 2.46. The number of carbonyl (C=O) groups excluding carboxylic acids is 2. The van der Waals surface area contributed by atoms with E-state index in [0.29, 0.717) is 55.3 Å². The summed E-state index contributed by atoms with van der Waals surface area (Å²) in [5, 5.41) is 5.60. The van der Waals surface area contributed by atoms with Gasteiger partial charge >= 0.3 is 0 Å². The number of rotatable bonds is 6. The van der Waals surface area contributed by atoms with Gasteiger partial charge in [-0.1, -0.05) is 23.2 Å². The topological polar surface area (TPSA) is 122 Å². The van der Waals surface area contributed by atoms with Crippen LogP contribution in [0, 0.1) is 0 Å². The van der Waals surface area contributed by atoms with Gasteiger partial charge in [-0.25, -0.2) is 9.67 Å². The third-order valence-electron chi connectivity index (χ3n) is 7.09. The Morgan fingerprint density at radius 2 is 1.69 bits per heavy atom. The predicted octanol–water partition coefficient (Wildman–Crippen LogP) is 5.79. The lowest BCUT2D eigenvalue weighted by molar-refractivity contribution is 0.0646. The molecule has 42 heavy (non-hydrogen) atoms. The molecule has 0 saturated carbocycles. The van der Waals surface area contributed by atoms with Crippen LogP contribution in [0.5, 0.6) is 17.4 Å². The maximum absolute atomic E-state index is 13.8. The number of nitrogens with two attached hydrogens (primary N) is 1. The van der Waals surface area contributed by atoms with Gasteiger partial charge in [0.1, 0.15) is 18.1 Å². The number of hydrogen-bond donors (Lipinski definition) is 1. The molecule has 4 aromatic rings. The van der Waals surface area contributed by atoms with Crippen molar-refractivity contribution in [2.75, 3.05) is 21.3 Å². The molecular weight excluding hydrogens is 581 g/mol. The average molecular weight is 610 g/mol. The average Bonchev–Trinajstić information content (AvgIpc) is 3.34. The minimum Gasteiger partial charge on any atom is -0.496 e. The number of amides is 2. The monoisotopic (exact) mass is 609 g/mol. The zero-order valence-corrected chi connectivity index (χ0v) is 25.4. The smallest absolute Gasteiger partial charge is 0.274 e. The first-order valence-corrected chi connectivity index (χ1v) is 13.7. The van der Waals surface area contributed by atoms with Gasteiger partial charge in [0, 0.05) is 57.0 Å². The Morgan fingerprint density at radius 1 is 1.00 bits per heavy atom. The number of halogens is 2. The van der Waals surface area contributed by atoms with Crippen LogP contribution in [-0.4, -0.2) is 58.3 Å². The lowest BCUT2D eigenvalue weighted by atomic mass is 9.96. The SMILES string of the molecule is COc1cc(C(N)=O)cc(-c2cc3c(cc2OC)OCc2c(C(=O)N(C)C(C)(C)C)nn(-c4cc(Cl)cc(Cl)c4)c2-3)n1. The van der Waals surface area contributed by atoms with Gasteiger partial charge in [0.05, 0.1) is 31.3 Å². The molecule has 1 aliphatic heterocycles. The third kappa shape index (κ3) is 5.23. The van der Waals surface area contributed by atoms with Gasteiger partial charge in [-0.15, -0.1) is 0 Å². The van der Waals surface area contributed by atoms with Crippen LogP contribution in [0.4, 0.5) is 0 Å². The van der Waals surface area contributed by atoms with Gasteiger partial charge in [-0.3, -0.25) is 9.59 Å². The molecule has 0 radical (unpaired) electrons. The van der Waals surface area contributed by atoms with Crippen LogP contribution >= 0.6 is 23.2 Å². The lowest BCUT2D eigenvalue weighted by Gasteiger charge is -2.31. The largest absolute Gasteiger partial charge is 0.496 e. The number of primary amides is 1. The Kier molecular flexibility index (Phi) is 7.55. The molecule has 1 aliphatic rings. The van der Waals surface area contributed by atoms with Crippen LogP contribution in [0.15, 0.2) is 42.5 Å². The van der Waals surface area contributed by atoms with E-state index >= 15 is 0 Å². The summed E-state index contributed by atoms with van der Waals surface area (Å²) in [7, 11) is 4.70. The van der Waals surface area contributed by atoms with E-state index in [2.05, 4.69) is 4.98 Å². The van der Waals surface area contributed by atoms with E-state index in [-0.39, 0.29) is 29.7 Å². The summed E-state index contributed by atoms with van der Waals surface area (Å²) in [5.41, 5.74) is 8.85. The highest BCUT2D eigenvalue weighted by atomic mass is 35.5. The van der Waals surface area contributed by atoms with Crippen molar-refractivity contribution in [2.24, 2.45) is 5.73 Å². The predicted molar refractivity (Wildman–Crippen MR) is 160 cm³/mol. The van der Waals surface area contributed by atoms with Crippen molar-refractivity contribution in [3.05, 3.63) is 69.3 Å². The fraction of sp³-hybridized carbons (Fsp3) is 0.267. The first-order chi connectivity index (χ1) is 19.8. The molecule has 2 aromatic heterocycles. The van der Waals surface area contributed by atoms with E-state index in [1.807, 2.05) is 26.8 Å². The number of aromatic nitrogens is 3. The van der Waals surface area contributed by atoms with Crippen molar-refractivity contribution in [3.63, 3.8) is 0 Å². The number of fused-ring (bicyclic) bond motifs is 3. The minimum absolute atomic E-state index is 0.0847. The number of methoxy groups -OCH3 is 2. The van der Waals surface area contributed by atoms with E-state index in [1.165, 1.54) is 20.3 Å². The van der Waals surface area contributed by atoms with Crippen molar-refractivity contribution in [1.82, 2.24) is 19.7 Å². The third-order valence-corrected chi connectivity index (χ3v) is 7.53. The first kappa shape index (κ1) is 29.2. The Hall–Kier alpha value is -4.28. The molecule has 2 amide bonds. The molecule has 0 bridgehead atoms. The summed E-state index contributed by atoms with van der Waals surface area (Å²) in [6, 6.07) is 11.6. The number of hydrogen-bond acceptors (Lipinski definition) is 7. The van der Waals surface area contributed by atoms with E-state index in [0.717, 1.165) is 0 Å². The molecule has 10 nitrogen and oxygen atoms in total. The lowest BCUT2D eigenvalue weighted by Crippen LogP contribution is -2.43. The van der Waals surface area contributed by atoms with Gasteiger partial charge < -0.3 is 24.8 Å². The van der Waals surface area contributed by atoms with E-state index in [9.17, 15) is 9.59 Å². The van der Waals surface area contributed by atoms with Crippen molar-refractivity contribution >= 4 is 35.0 Å². The van der Waals surface area contributed by atoms with E-state index in [1.54, 1.807) is 47.0 Å². The summed E-state index contributed by atoms with van der Waals surface area (Å²) in [6.07, 6.45) is 0. The van der Waals surface area contributed by atoms with Gasteiger partial charge in [-0.05, 0) is 51.1 Å². The Bertz CT molecular complexity index is 1720. The molecule has 3 heterocycles. The molecule has 5 rings (SSSR count). The van der Waals surface area contributed by atoms with Crippen LogP contribution in [0.3, 0.4) is 0 Å². The number of nitrogens with zero attached hydrogens (tertiary/aromatic N) is 4. The second-order valence-electron chi connectivity index (χ2n) is 10.7. The van der Waals surface area contributed by atoms with Crippen molar-refractivity contribution in [1.29, 1.82) is 0 Å². The molecule has 0 aliphatic carbocycles. The molecule has 0 spiro atoms. The highest BCUT2D eigenvalue weighted by Gasteiger charge is 2.35. The molecule has 0 saturated heterocycles. The Labute approximate surface area is 252 Å². The van der Waals surface area contributed by atoms with Crippen LogP contribution < -0.4 is 19.9 Å². The van der Waals surface area contributed by atoms with Crippen LogP contribution in [0.2, 0.25) is 10.0 Å². The van der Waals surface area contributed by atoms with Crippen LogP contribution in [0.1, 0.15) is 47.2 Å². The fourth-order valence-corrected chi connectivity index (χ4v) is 5.14. The summed E-state index contributed by atoms with van der Waals surface area (Å²) in [5.74, 6) is 0.232. The molecular formula is C30H29Cl2N5O5. The molecule has 218 valence electrons. The van der Waals surface area contributed by atoms with Crippen LogP contribution in [-0.2, 0) is 6.61 Å². The van der Waals surface area contributed by atoms with Crippen LogP contribution in [0.25, 0.3) is 28.2 Å². The quantitative estimate of drug-likeness (QED) is 0.294. The highest BCUT2D eigenvalue weighted by molar-refractivity contribution is 6.34. The molecule has 0 unspecified atom stereocenters. The van der Waals surface area contributed by atoms with Gasteiger partial charge in [0.15, 0.2) is 5.69 Å². The summed E-state index contributed by atoms with van der Waals surface area (Å²) in [4.78, 5) is 32.0. The van der Waals surface area contributed by atoms with Crippen molar-refractivity contribution < 1.29 is 23.8 Å². The van der Waals surface area contributed by atoms with E-state index in [4.69, 9.17) is 48.2 Å². The first-order valence-electron chi connectivity index (χ1n) is 12.9. The Balaban J connectivity index is 1.81. The summed E-state index contributed by atoms with van der Waals surface area (Å²) >= 11 is 12.8. The number of ether oxygens (including phenoxy) is 3. The van der Waals surface area contributed by atoms with E-state index < -0.39 is 11.4 Å². The molecule has 0 atom stereocenters. The fourth-order valence-electron chi connectivity index (χ4n) is 4.62. The van der Waals surface area contributed by atoms with Gasteiger partial charge in [0.2, 0.25) is 11.8 Å². The summed E-state index contributed by atoms with van der Waals surface area (Å²) < 4.78 is 18.8. The zero-order chi connectivity index (χ0) is 30.5. The van der Waals surface area contributed by atoms with Gasteiger partial charge in [-0.2, -0.15) is 5.10 Å². The normalized spacial score (nSPS) is 12.2. The number of pyridine rings is 1. The second kappa shape index (κ2) is 10.8. The van der Waals surface area contributed by atoms with Crippen molar-refractivity contribution in [2.45, 2.75) is 32.9 Å². The maximum Gasteiger partial charge on any atom is 0.274 e. The molecule has 2 aromatic carbocycles. The molecule has 0 fully saturated rings. The Morgan fingerprint density at radius 3 is 2.29 bits per heavy atom. The minimum atomic E-state index is -0.637.